The van der Waals surface area contributed by atoms with E-state index in [2.05, 4.69) is 10.3 Å². The molecule has 3 N–H and O–H groups in total. The number of amides is 1. The lowest BCUT2D eigenvalue weighted by atomic mass is 10.2. The van der Waals surface area contributed by atoms with E-state index in [4.69, 9.17) is 5.73 Å². The highest BCUT2D eigenvalue weighted by Crippen LogP contribution is 2.24. The van der Waals surface area contributed by atoms with Crippen molar-refractivity contribution in [3.8, 4) is 0 Å². The summed E-state index contributed by atoms with van der Waals surface area (Å²) in [6.07, 6.45) is 0. The Morgan fingerprint density at radius 3 is 2.94 bits per heavy atom. The van der Waals surface area contributed by atoms with E-state index in [0.29, 0.717) is 10.8 Å². The van der Waals surface area contributed by atoms with Crippen molar-refractivity contribution in [3.63, 3.8) is 0 Å². The number of nitrogen functional groups attached to an aromatic ring is 1. The zero-order valence-electron chi connectivity index (χ0n) is 9.21. The molecule has 3 aromatic rings. The van der Waals surface area contributed by atoms with Crippen molar-refractivity contribution < 1.29 is 4.79 Å². The van der Waals surface area contributed by atoms with Gasteiger partial charge in [-0.1, -0.05) is 0 Å². The van der Waals surface area contributed by atoms with E-state index in [1.807, 2.05) is 29.6 Å². The predicted octanol–water partition coefficient (Wildman–Crippen LogP) is 3.19. The van der Waals surface area contributed by atoms with E-state index >= 15 is 0 Å². The first-order chi connectivity index (χ1) is 8.72. The number of hydrogen-bond acceptors (Lipinski definition) is 5. The molecule has 0 saturated heterocycles. The number of carbonyl (C=O) groups excluding carboxylic acids is 1. The Bertz CT molecular complexity index is 717. The molecule has 0 atom stereocenters. The molecular formula is C12H9N3OS2. The SMILES string of the molecule is Nc1nc(C(=O)Nc2ccc3sccc3c2)cs1. The monoisotopic (exact) mass is 275 g/mol. The first-order valence-corrected chi connectivity index (χ1v) is 6.98. The first-order valence-electron chi connectivity index (χ1n) is 5.22. The number of nitrogens with one attached hydrogen (secondary N) is 1. The maximum Gasteiger partial charge on any atom is 0.275 e. The fourth-order valence-corrected chi connectivity index (χ4v) is 2.95. The maximum absolute atomic E-state index is 11.9. The van der Waals surface area contributed by atoms with Crippen LogP contribution in [-0.4, -0.2) is 10.9 Å². The van der Waals surface area contributed by atoms with Gasteiger partial charge in [0.1, 0.15) is 5.69 Å². The molecule has 0 spiro atoms. The van der Waals surface area contributed by atoms with Crippen LogP contribution in [0.2, 0.25) is 0 Å². The smallest absolute Gasteiger partial charge is 0.275 e. The standard InChI is InChI=1S/C12H9N3OS2/c13-12-15-9(6-18-12)11(16)14-8-1-2-10-7(5-8)3-4-17-10/h1-6H,(H2,13,15)(H,14,16). The van der Waals surface area contributed by atoms with Gasteiger partial charge in [-0.15, -0.1) is 22.7 Å². The van der Waals surface area contributed by atoms with Gasteiger partial charge in [-0.3, -0.25) is 4.79 Å². The van der Waals surface area contributed by atoms with Crippen LogP contribution in [0.3, 0.4) is 0 Å². The highest BCUT2D eigenvalue weighted by molar-refractivity contribution is 7.17. The van der Waals surface area contributed by atoms with Crippen molar-refractivity contribution >= 4 is 49.5 Å². The van der Waals surface area contributed by atoms with E-state index in [0.717, 1.165) is 11.1 Å². The third-order valence-electron chi connectivity index (χ3n) is 2.46. The van der Waals surface area contributed by atoms with Crippen LogP contribution >= 0.6 is 22.7 Å². The largest absolute Gasteiger partial charge is 0.375 e. The Morgan fingerprint density at radius 2 is 2.17 bits per heavy atom. The van der Waals surface area contributed by atoms with Crippen LogP contribution in [0.5, 0.6) is 0 Å². The molecule has 4 nitrogen and oxygen atoms in total. The lowest BCUT2D eigenvalue weighted by molar-refractivity contribution is 0.102. The normalized spacial score (nSPS) is 10.7. The van der Waals surface area contributed by atoms with E-state index < -0.39 is 0 Å². The zero-order valence-corrected chi connectivity index (χ0v) is 10.8. The van der Waals surface area contributed by atoms with Gasteiger partial charge in [-0.2, -0.15) is 0 Å². The molecule has 0 saturated carbocycles. The van der Waals surface area contributed by atoms with Gasteiger partial charge in [0.05, 0.1) is 0 Å². The van der Waals surface area contributed by atoms with E-state index in [-0.39, 0.29) is 5.91 Å². The summed E-state index contributed by atoms with van der Waals surface area (Å²) < 4.78 is 1.20. The van der Waals surface area contributed by atoms with Crippen LogP contribution < -0.4 is 11.1 Å². The molecule has 3 rings (SSSR count). The second-order valence-electron chi connectivity index (χ2n) is 3.70. The van der Waals surface area contributed by atoms with Crippen molar-refractivity contribution in [2.45, 2.75) is 0 Å². The van der Waals surface area contributed by atoms with Gasteiger partial charge in [0.15, 0.2) is 5.13 Å². The number of anilines is 2. The molecule has 6 heteroatoms. The van der Waals surface area contributed by atoms with Crippen LogP contribution in [0.1, 0.15) is 10.5 Å². The van der Waals surface area contributed by atoms with Gasteiger partial charge >= 0.3 is 0 Å². The van der Waals surface area contributed by atoms with Crippen LogP contribution in [0, 0.1) is 0 Å². The van der Waals surface area contributed by atoms with Gasteiger partial charge in [-0.25, -0.2) is 4.98 Å². The molecule has 0 aliphatic carbocycles. The van der Waals surface area contributed by atoms with Crippen LogP contribution in [0.25, 0.3) is 10.1 Å². The molecule has 0 bridgehead atoms. The Morgan fingerprint density at radius 1 is 1.28 bits per heavy atom. The summed E-state index contributed by atoms with van der Waals surface area (Å²) >= 11 is 2.93. The lowest BCUT2D eigenvalue weighted by Gasteiger charge is -2.03. The second-order valence-corrected chi connectivity index (χ2v) is 5.54. The first kappa shape index (κ1) is 11.2. The Balaban J connectivity index is 1.85. The molecule has 0 radical (unpaired) electrons. The van der Waals surface area contributed by atoms with Gasteiger partial charge in [0, 0.05) is 15.8 Å². The Kier molecular flexibility index (Phi) is 2.73. The Hall–Kier alpha value is -1.92. The van der Waals surface area contributed by atoms with Crippen LogP contribution in [0.15, 0.2) is 35.0 Å². The number of aromatic nitrogens is 1. The molecule has 2 heterocycles. The molecule has 1 amide bonds. The summed E-state index contributed by atoms with van der Waals surface area (Å²) in [6, 6.07) is 7.84. The van der Waals surface area contributed by atoms with Crippen molar-refractivity contribution in [1.82, 2.24) is 4.98 Å². The van der Waals surface area contributed by atoms with Crippen molar-refractivity contribution in [3.05, 3.63) is 40.7 Å². The number of fused-ring (bicyclic) bond motifs is 1. The van der Waals surface area contributed by atoms with Crippen LogP contribution in [-0.2, 0) is 0 Å². The average Bonchev–Trinajstić information content (AvgIpc) is 2.96. The maximum atomic E-state index is 11.9. The quantitative estimate of drug-likeness (QED) is 0.754. The van der Waals surface area contributed by atoms with Gasteiger partial charge < -0.3 is 11.1 Å². The van der Waals surface area contributed by atoms with Crippen molar-refractivity contribution in [2.24, 2.45) is 0 Å². The number of hydrogen-bond donors (Lipinski definition) is 2. The van der Waals surface area contributed by atoms with Gasteiger partial charge in [0.2, 0.25) is 0 Å². The van der Waals surface area contributed by atoms with Crippen molar-refractivity contribution in [1.29, 1.82) is 0 Å². The number of rotatable bonds is 2. The molecule has 1 aromatic carbocycles. The number of nitrogens with two attached hydrogens (primary N) is 1. The molecule has 0 aliphatic heterocycles. The fourth-order valence-electron chi connectivity index (χ4n) is 1.63. The number of thiophene rings is 1. The minimum Gasteiger partial charge on any atom is -0.375 e. The minimum absolute atomic E-state index is 0.238. The third kappa shape index (κ3) is 2.07. The average molecular weight is 275 g/mol. The molecule has 0 aliphatic rings. The van der Waals surface area contributed by atoms with Crippen molar-refractivity contribution in [2.75, 3.05) is 11.1 Å². The van der Waals surface area contributed by atoms with Gasteiger partial charge in [0.25, 0.3) is 5.91 Å². The van der Waals surface area contributed by atoms with Crippen LogP contribution in [0.4, 0.5) is 10.8 Å². The molecule has 0 fully saturated rings. The topological polar surface area (TPSA) is 68.0 Å². The third-order valence-corrected chi connectivity index (χ3v) is 4.04. The highest BCUT2D eigenvalue weighted by atomic mass is 32.1. The van der Waals surface area contributed by atoms with Gasteiger partial charge in [-0.05, 0) is 35.0 Å². The molecular weight excluding hydrogens is 266 g/mol. The number of nitrogens with zero attached hydrogens (tertiary/aromatic N) is 1. The molecule has 0 unspecified atom stereocenters. The second kappa shape index (κ2) is 4.40. The summed E-state index contributed by atoms with van der Waals surface area (Å²) in [5.41, 5.74) is 6.61. The molecule has 18 heavy (non-hydrogen) atoms. The predicted molar refractivity (Wildman–Crippen MR) is 76.3 cm³/mol. The number of carbonyl (C=O) groups is 1. The number of benzene rings is 1. The highest BCUT2D eigenvalue weighted by Gasteiger charge is 2.10. The Labute approximate surface area is 111 Å². The summed E-state index contributed by atoms with van der Waals surface area (Å²) in [5, 5.41) is 8.00. The fraction of sp³-hybridized carbons (Fsp3) is 0. The summed E-state index contributed by atoms with van der Waals surface area (Å²) in [6.45, 7) is 0. The summed E-state index contributed by atoms with van der Waals surface area (Å²) in [5.74, 6) is -0.238. The zero-order chi connectivity index (χ0) is 12.5. The summed E-state index contributed by atoms with van der Waals surface area (Å²) in [7, 11) is 0. The lowest BCUT2D eigenvalue weighted by Crippen LogP contribution is -2.12. The molecule has 90 valence electrons. The number of thiazole rings is 1. The van der Waals surface area contributed by atoms with E-state index in [9.17, 15) is 4.79 Å². The van der Waals surface area contributed by atoms with E-state index in [1.165, 1.54) is 16.0 Å². The van der Waals surface area contributed by atoms with E-state index in [1.54, 1.807) is 16.7 Å². The molecule has 2 aromatic heterocycles. The summed E-state index contributed by atoms with van der Waals surface area (Å²) in [4.78, 5) is 15.8. The minimum atomic E-state index is -0.238.